The van der Waals surface area contributed by atoms with E-state index in [0.717, 1.165) is 11.4 Å². The van der Waals surface area contributed by atoms with Crippen molar-refractivity contribution in [3.8, 4) is 11.8 Å². The van der Waals surface area contributed by atoms with Crippen LogP contribution in [0, 0.1) is 11.3 Å². The number of hydrogen-bond acceptors (Lipinski definition) is 3. The average Bonchev–Trinajstić information content (AvgIpc) is 2.27. The maximum absolute atomic E-state index is 8.91. The molecule has 0 unspecified atom stereocenters. The van der Waals surface area contributed by atoms with Crippen LogP contribution in [0.5, 0.6) is 5.75 Å². The molecule has 0 saturated carbocycles. The maximum atomic E-state index is 8.91. The number of nitriles is 1. The molecule has 15 heavy (non-hydrogen) atoms. The summed E-state index contributed by atoms with van der Waals surface area (Å²) in [6.07, 6.45) is -0.359. The lowest BCUT2D eigenvalue weighted by molar-refractivity contribution is 0.241. The molecule has 1 aliphatic heterocycles. The highest BCUT2D eigenvalue weighted by atomic mass is 16.5. The van der Waals surface area contributed by atoms with Gasteiger partial charge >= 0.3 is 0 Å². The Balaban J connectivity index is 2.39. The molecule has 0 amide bonds. The van der Waals surface area contributed by atoms with Gasteiger partial charge in [0, 0.05) is 6.04 Å². The van der Waals surface area contributed by atoms with Gasteiger partial charge in [-0.15, -0.1) is 0 Å². The highest BCUT2D eigenvalue weighted by Gasteiger charge is 2.26. The molecular formula is C12H14N2O. The monoisotopic (exact) mass is 202 g/mol. The Kier molecular flexibility index (Phi) is 2.51. The molecule has 3 nitrogen and oxygen atoms in total. The predicted molar refractivity (Wildman–Crippen MR) is 59.0 cm³/mol. The zero-order valence-corrected chi connectivity index (χ0v) is 8.97. The van der Waals surface area contributed by atoms with Gasteiger partial charge < -0.3 is 9.64 Å². The largest absolute Gasteiger partial charge is 0.472 e. The smallest absolute Gasteiger partial charge is 0.201 e. The summed E-state index contributed by atoms with van der Waals surface area (Å²) >= 11 is 0. The highest BCUT2D eigenvalue weighted by molar-refractivity contribution is 5.61. The van der Waals surface area contributed by atoms with E-state index in [-0.39, 0.29) is 6.10 Å². The summed E-state index contributed by atoms with van der Waals surface area (Å²) in [4.78, 5) is 2.20. The third-order valence-corrected chi connectivity index (χ3v) is 2.57. The van der Waals surface area contributed by atoms with Gasteiger partial charge in [-0.05, 0) is 26.0 Å². The molecular weight excluding hydrogens is 188 g/mol. The molecule has 0 bridgehead atoms. The lowest BCUT2D eigenvalue weighted by atomic mass is 10.1. The molecule has 1 atom stereocenters. The molecule has 2 rings (SSSR count). The van der Waals surface area contributed by atoms with Gasteiger partial charge in [0.1, 0.15) is 11.8 Å². The Bertz CT molecular complexity index is 395. The summed E-state index contributed by atoms with van der Waals surface area (Å²) in [5.41, 5.74) is 1.08. The molecule has 3 heteroatoms. The van der Waals surface area contributed by atoms with Crippen molar-refractivity contribution in [3.63, 3.8) is 0 Å². The molecule has 0 fully saturated rings. The molecule has 1 heterocycles. The lowest BCUT2D eigenvalue weighted by Gasteiger charge is -2.36. The number of nitrogens with zero attached hydrogens (tertiary/aromatic N) is 2. The van der Waals surface area contributed by atoms with Gasteiger partial charge in [0.15, 0.2) is 0 Å². The quantitative estimate of drug-likeness (QED) is 0.700. The topological polar surface area (TPSA) is 36.3 Å². The van der Waals surface area contributed by atoms with E-state index in [1.54, 1.807) is 0 Å². The van der Waals surface area contributed by atoms with Gasteiger partial charge in [0.25, 0.3) is 0 Å². The Hall–Kier alpha value is -1.69. The first-order valence-electron chi connectivity index (χ1n) is 5.14. The van der Waals surface area contributed by atoms with Crippen LogP contribution in [0.4, 0.5) is 5.69 Å². The third-order valence-electron chi connectivity index (χ3n) is 2.57. The van der Waals surface area contributed by atoms with Crippen LogP contribution in [-0.2, 0) is 0 Å². The number of rotatable bonds is 1. The van der Waals surface area contributed by atoms with Crippen molar-refractivity contribution in [1.82, 2.24) is 0 Å². The molecule has 0 aromatic heterocycles. The zero-order chi connectivity index (χ0) is 10.8. The van der Waals surface area contributed by atoms with Gasteiger partial charge in [0.05, 0.1) is 12.2 Å². The molecule has 0 aliphatic carbocycles. The van der Waals surface area contributed by atoms with Crippen LogP contribution in [0.3, 0.4) is 0 Å². The number of ether oxygens (including phenoxy) is 1. The molecule has 0 N–H and O–H groups in total. The lowest BCUT2D eigenvalue weighted by Crippen LogP contribution is -2.43. The van der Waals surface area contributed by atoms with Crippen LogP contribution < -0.4 is 9.64 Å². The van der Waals surface area contributed by atoms with E-state index in [2.05, 4.69) is 24.8 Å². The summed E-state index contributed by atoms with van der Waals surface area (Å²) in [5.74, 6) is 0.809. The molecule has 1 aliphatic rings. The van der Waals surface area contributed by atoms with E-state index in [9.17, 15) is 0 Å². The van der Waals surface area contributed by atoms with E-state index in [1.165, 1.54) is 0 Å². The van der Waals surface area contributed by atoms with Crippen LogP contribution in [0.15, 0.2) is 24.3 Å². The fourth-order valence-electron chi connectivity index (χ4n) is 1.82. The second kappa shape index (κ2) is 3.82. The molecule has 0 radical (unpaired) electrons. The van der Waals surface area contributed by atoms with Crippen molar-refractivity contribution in [2.75, 3.05) is 11.4 Å². The Morgan fingerprint density at radius 1 is 1.47 bits per heavy atom. The first-order chi connectivity index (χ1) is 7.22. The second-order valence-corrected chi connectivity index (χ2v) is 3.95. The highest BCUT2D eigenvalue weighted by Crippen LogP contribution is 2.33. The number of fused-ring (bicyclic) bond motifs is 1. The van der Waals surface area contributed by atoms with Gasteiger partial charge in [-0.25, -0.2) is 0 Å². The molecule has 78 valence electrons. The summed E-state index contributed by atoms with van der Waals surface area (Å²) < 4.78 is 5.56. The van der Waals surface area contributed by atoms with Crippen LogP contribution in [0.25, 0.3) is 0 Å². The summed E-state index contributed by atoms with van der Waals surface area (Å²) in [6, 6.07) is 10.4. The number of hydrogen-bond donors (Lipinski definition) is 0. The van der Waals surface area contributed by atoms with Crippen molar-refractivity contribution >= 4 is 5.69 Å². The predicted octanol–water partition coefficient (Wildman–Crippen LogP) is 2.19. The standard InChI is InChI=1S/C12H14N2O/c1-9(2)14-8-10(7-13)15-12-6-4-3-5-11(12)14/h3-6,9-10H,8H2,1-2H3/t10-/m0/s1. The average molecular weight is 202 g/mol. The van der Waals surface area contributed by atoms with Crippen LogP contribution in [0.1, 0.15) is 13.8 Å². The van der Waals surface area contributed by atoms with E-state index in [4.69, 9.17) is 10.00 Å². The minimum absolute atomic E-state index is 0.359. The van der Waals surface area contributed by atoms with Crippen molar-refractivity contribution in [2.45, 2.75) is 26.0 Å². The summed E-state index contributed by atoms with van der Waals surface area (Å²) in [5, 5.41) is 8.91. The zero-order valence-electron chi connectivity index (χ0n) is 8.97. The summed E-state index contributed by atoms with van der Waals surface area (Å²) in [6.45, 7) is 4.89. The van der Waals surface area contributed by atoms with Crippen LogP contribution >= 0.6 is 0 Å². The normalized spacial score (nSPS) is 19.3. The molecule has 0 saturated heterocycles. The van der Waals surface area contributed by atoms with Gasteiger partial charge in [-0.3, -0.25) is 0 Å². The molecule has 1 aromatic carbocycles. The maximum Gasteiger partial charge on any atom is 0.201 e. The van der Waals surface area contributed by atoms with E-state index >= 15 is 0 Å². The fraction of sp³-hybridized carbons (Fsp3) is 0.417. The van der Waals surface area contributed by atoms with Gasteiger partial charge in [-0.1, -0.05) is 12.1 Å². The summed E-state index contributed by atoms with van der Waals surface area (Å²) in [7, 11) is 0. The van der Waals surface area contributed by atoms with Crippen molar-refractivity contribution < 1.29 is 4.74 Å². The molecule has 0 spiro atoms. The Morgan fingerprint density at radius 3 is 2.87 bits per heavy atom. The van der Waals surface area contributed by atoms with E-state index < -0.39 is 0 Å². The SMILES string of the molecule is CC(C)N1C[C@H](C#N)Oc2ccccc21. The second-order valence-electron chi connectivity index (χ2n) is 3.95. The van der Waals surface area contributed by atoms with Crippen molar-refractivity contribution in [1.29, 1.82) is 5.26 Å². The van der Waals surface area contributed by atoms with Crippen molar-refractivity contribution in [2.24, 2.45) is 0 Å². The number of anilines is 1. The number of benzene rings is 1. The van der Waals surface area contributed by atoms with Crippen LogP contribution in [0.2, 0.25) is 0 Å². The first kappa shape index (κ1) is 9.85. The van der Waals surface area contributed by atoms with Crippen molar-refractivity contribution in [3.05, 3.63) is 24.3 Å². The van der Waals surface area contributed by atoms with Gasteiger partial charge in [0.2, 0.25) is 6.10 Å². The minimum Gasteiger partial charge on any atom is -0.472 e. The Labute approximate surface area is 89.9 Å². The van der Waals surface area contributed by atoms with Gasteiger partial charge in [-0.2, -0.15) is 5.26 Å². The first-order valence-corrected chi connectivity index (χ1v) is 5.14. The van der Waals surface area contributed by atoms with E-state index in [0.29, 0.717) is 12.6 Å². The fourth-order valence-corrected chi connectivity index (χ4v) is 1.82. The van der Waals surface area contributed by atoms with Crippen LogP contribution in [-0.4, -0.2) is 18.7 Å². The van der Waals surface area contributed by atoms with E-state index in [1.807, 2.05) is 24.3 Å². The Morgan fingerprint density at radius 2 is 2.20 bits per heavy atom. The minimum atomic E-state index is -0.359. The number of para-hydroxylation sites is 2. The molecule has 1 aromatic rings. The third kappa shape index (κ3) is 1.75.